The van der Waals surface area contributed by atoms with Crippen molar-refractivity contribution in [2.45, 2.75) is 71.9 Å². The molecule has 0 aromatic carbocycles. The highest BCUT2D eigenvalue weighted by Gasteiger charge is 2.65. The number of amides is 1. The van der Waals surface area contributed by atoms with Gasteiger partial charge < -0.3 is 15.5 Å². The molecule has 3 aliphatic rings. The summed E-state index contributed by atoms with van der Waals surface area (Å²) in [7, 11) is 0. The van der Waals surface area contributed by atoms with Gasteiger partial charge in [0.05, 0.1) is 6.61 Å². The van der Waals surface area contributed by atoms with Gasteiger partial charge in [-0.3, -0.25) is 14.4 Å². The molecule has 1 aliphatic heterocycles. The summed E-state index contributed by atoms with van der Waals surface area (Å²) in [6.07, 6.45) is 4.26. The molecule has 6 heteroatoms. The highest BCUT2D eigenvalue weighted by atomic mass is 16.3. The van der Waals surface area contributed by atoms with Gasteiger partial charge in [0.25, 0.3) is 0 Å². The Morgan fingerprint density at radius 2 is 1.87 bits per heavy atom. The molecule has 1 amide bonds. The first-order valence-electron chi connectivity index (χ1n) is 11.2. The van der Waals surface area contributed by atoms with Gasteiger partial charge in [0.1, 0.15) is 17.3 Å². The molecule has 2 aliphatic carbocycles. The van der Waals surface area contributed by atoms with Gasteiger partial charge in [-0.1, -0.05) is 38.5 Å². The quantitative estimate of drug-likeness (QED) is 0.483. The zero-order chi connectivity index (χ0) is 22.2. The number of carbonyl (C=O) groups is 3. The molecule has 1 saturated heterocycles. The number of hydrogen-bond donors (Lipinski definition) is 3. The third-order valence-electron chi connectivity index (χ3n) is 7.31. The Kier molecular flexibility index (Phi) is 6.68. The van der Waals surface area contributed by atoms with Crippen molar-refractivity contribution in [3.05, 3.63) is 23.3 Å². The average molecular weight is 418 g/mol. The number of carbonyl (C=O) groups excluding carboxylic acids is 3. The SMILES string of the molecule is CC1=C[C@H]2C=C(CO)[C@@H](C)[C@H]3[C@H](CC(C)C)NC(=O)[C@@]23C(=O)CCC(=O)[C@@H](O)CC1. The summed E-state index contributed by atoms with van der Waals surface area (Å²) in [6.45, 7) is 7.97. The second-order valence-corrected chi connectivity index (χ2v) is 9.78. The van der Waals surface area contributed by atoms with Gasteiger partial charge in [0.2, 0.25) is 5.91 Å². The van der Waals surface area contributed by atoms with Crippen LogP contribution < -0.4 is 5.32 Å². The molecule has 0 bridgehead atoms. The molecule has 0 aromatic heterocycles. The standard InChI is InChI=1S/C24H35NO5/c1-13(2)9-18-22-15(4)16(12-26)11-17-10-14(3)5-6-19(27)20(28)7-8-21(29)24(17,22)23(30)25-18/h10-11,13,15,17-19,22,26-27H,5-9,12H2,1-4H3,(H,25,30)/t15-,17+,18+,19+,22+,24-/m1/s1. The van der Waals surface area contributed by atoms with Crippen LogP contribution in [0.4, 0.5) is 0 Å². The van der Waals surface area contributed by atoms with Crippen molar-refractivity contribution in [3.8, 4) is 0 Å². The van der Waals surface area contributed by atoms with Crippen LogP contribution in [-0.4, -0.2) is 46.4 Å². The number of nitrogens with one attached hydrogen (secondary N) is 1. The lowest BCUT2D eigenvalue weighted by Crippen LogP contribution is -2.52. The Labute approximate surface area is 178 Å². The van der Waals surface area contributed by atoms with E-state index in [1.165, 1.54) is 0 Å². The molecule has 166 valence electrons. The van der Waals surface area contributed by atoms with Crippen LogP contribution >= 0.6 is 0 Å². The maximum absolute atomic E-state index is 13.7. The van der Waals surface area contributed by atoms with Crippen LogP contribution in [0.25, 0.3) is 0 Å². The van der Waals surface area contributed by atoms with E-state index < -0.39 is 17.4 Å². The minimum atomic E-state index is -1.27. The molecule has 6 atom stereocenters. The number of Topliss-reactive ketones (excluding diaryl/α,β-unsaturated/α-hetero) is 2. The number of ketones is 2. The lowest BCUT2D eigenvalue weighted by atomic mass is 9.54. The number of allylic oxidation sites excluding steroid dienone is 3. The fraction of sp³-hybridized carbons (Fsp3) is 0.708. The van der Waals surface area contributed by atoms with Gasteiger partial charge in [-0.2, -0.15) is 0 Å². The molecule has 0 radical (unpaired) electrons. The maximum atomic E-state index is 13.7. The Morgan fingerprint density at radius 1 is 1.17 bits per heavy atom. The summed E-state index contributed by atoms with van der Waals surface area (Å²) >= 11 is 0. The zero-order valence-corrected chi connectivity index (χ0v) is 18.5. The molecule has 6 nitrogen and oxygen atoms in total. The summed E-state index contributed by atoms with van der Waals surface area (Å²) in [4.78, 5) is 39.6. The maximum Gasteiger partial charge on any atom is 0.235 e. The first kappa shape index (κ1) is 22.9. The summed E-state index contributed by atoms with van der Waals surface area (Å²) in [5.74, 6) is -1.35. The molecule has 1 fully saturated rings. The minimum Gasteiger partial charge on any atom is -0.392 e. The molecule has 3 N–H and O–H groups in total. The number of aliphatic hydroxyl groups is 2. The van der Waals surface area contributed by atoms with Crippen LogP contribution in [0, 0.1) is 29.1 Å². The van der Waals surface area contributed by atoms with Crippen molar-refractivity contribution in [2.75, 3.05) is 6.61 Å². The topological polar surface area (TPSA) is 104 Å². The molecule has 30 heavy (non-hydrogen) atoms. The first-order valence-corrected chi connectivity index (χ1v) is 11.2. The van der Waals surface area contributed by atoms with Gasteiger partial charge >= 0.3 is 0 Å². The van der Waals surface area contributed by atoms with Crippen molar-refractivity contribution in [3.63, 3.8) is 0 Å². The largest absolute Gasteiger partial charge is 0.392 e. The number of aliphatic hydroxyl groups excluding tert-OH is 2. The van der Waals surface area contributed by atoms with Crippen molar-refractivity contribution in [1.29, 1.82) is 0 Å². The molecule has 1 spiro atoms. The predicted molar refractivity (Wildman–Crippen MR) is 113 cm³/mol. The Hall–Kier alpha value is -1.79. The van der Waals surface area contributed by atoms with E-state index in [1.807, 2.05) is 26.0 Å². The van der Waals surface area contributed by atoms with Crippen LogP contribution in [0.5, 0.6) is 0 Å². The summed E-state index contributed by atoms with van der Waals surface area (Å²) in [5.41, 5.74) is 0.519. The van der Waals surface area contributed by atoms with Crippen molar-refractivity contribution >= 4 is 17.5 Å². The first-order chi connectivity index (χ1) is 14.1. The molecule has 0 saturated carbocycles. The van der Waals surface area contributed by atoms with Gasteiger partial charge in [-0.15, -0.1) is 0 Å². The summed E-state index contributed by atoms with van der Waals surface area (Å²) < 4.78 is 0. The Bertz CT molecular complexity index is 782. The third-order valence-corrected chi connectivity index (χ3v) is 7.31. The monoisotopic (exact) mass is 417 g/mol. The third kappa shape index (κ3) is 3.80. The van der Waals surface area contributed by atoms with E-state index >= 15 is 0 Å². The zero-order valence-electron chi connectivity index (χ0n) is 18.5. The lowest BCUT2D eigenvalue weighted by molar-refractivity contribution is -0.146. The Morgan fingerprint density at radius 3 is 2.50 bits per heavy atom. The van der Waals surface area contributed by atoms with Crippen molar-refractivity contribution < 1.29 is 24.6 Å². The van der Waals surface area contributed by atoms with Crippen LogP contribution in [0.3, 0.4) is 0 Å². The van der Waals surface area contributed by atoms with Crippen LogP contribution in [-0.2, 0) is 14.4 Å². The second-order valence-electron chi connectivity index (χ2n) is 9.78. The molecule has 0 aromatic rings. The van der Waals surface area contributed by atoms with Gasteiger partial charge in [0, 0.05) is 30.7 Å². The second kappa shape index (κ2) is 8.75. The average Bonchev–Trinajstić information content (AvgIpc) is 2.97. The van der Waals surface area contributed by atoms with E-state index in [-0.39, 0.29) is 54.8 Å². The smallest absolute Gasteiger partial charge is 0.235 e. The van der Waals surface area contributed by atoms with Crippen LogP contribution in [0.1, 0.15) is 59.8 Å². The van der Waals surface area contributed by atoms with Crippen molar-refractivity contribution in [1.82, 2.24) is 5.32 Å². The van der Waals surface area contributed by atoms with E-state index in [0.29, 0.717) is 18.8 Å². The Balaban J connectivity index is 2.18. The minimum absolute atomic E-state index is 0.0483. The van der Waals surface area contributed by atoms with Crippen LogP contribution in [0.2, 0.25) is 0 Å². The fourth-order valence-electron chi connectivity index (χ4n) is 5.82. The van der Waals surface area contributed by atoms with Crippen molar-refractivity contribution in [2.24, 2.45) is 29.1 Å². The van der Waals surface area contributed by atoms with Gasteiger partial charge in [-0.25, -0.2) is 0 Å². The highest BCUT2D eigenvalue weighted by molar-refractivity contribution is 6.10. The lowest BCUT2D eigenvalue weighted by Gasteiger charge is -2.45. The van der Waals surface area contributed by atoms with Crippen LogP contribution in [0.15, 0.2) is 23.3 Å². The number of hydrogen-bond acceptors (Lipinski definition) is 5. The van der Waals surface area contributed by atoms with E-state index in [1.54, 1.807) is 0 Å². The van der Waals surface area contributed by atoms with Gasteiger partial charge in [0.15, 0.2) is 5.78 Å². The summed E-state index contributed by atoms with van der Waals surface area (Å²) in [6, 6.07) is -0.158. The molecule has 0 unspecified atom stereocenters. The molecule has 3 rings (SSSR count). The molecular formula is C24H35NO5. The summed E-state index contributed by atoms with van der Waals surface area (Å²) in [5, 5.41) is 23.3. The molecular weight excluding hydrogens is 382 g/mol. The fourth-order valence-corrected chi connectivity index (χ4v) is 5.82. The van der Waals surface area contributed by atoms with E-state index in [0.717, 1.165) is 17.6 Å². The highest BCUT2D eigenvalue weighted by Crippen LogP contribution is 2.55. The van der Waals surface area contributed by atoms with E-state index in [4.69, 9.17) is 0 Å². The normalized spacial score (nSPS) is 37.7. The number of rotatable bonds is 3. The predicted octanol–water partition coefficient (Wildman–Crippen LogP) is 2.34. The van der Waals surface area contributed by atoms with E-state index in [2.05, 4.69) is 19.2 Å². The van der Waals surface area contributed by atoms with E-state index in [9.17, 15) is 24.6 Å². The molecule has 1 heterocycles. The van der Waals surface area contributed by atoms with Gasteiger partial charge in [-0.05, 0) is 43.6 Å².